The maximum absolute atomic E-state index is 12.3. The zero-order valence-electron chi connectivity index (χ0n) is 11.8. The van der Waals surface area contributed by atoms with E-state index in [1.54, 1.807) is 0 Å². The summed E-state index contributed by atoms with van der Waals surface area (Å²) < 4.78 is 49.9. The number of hydrogen-bond donors (Lipinski definition) is 2. The number of nitrogens with two attached hydrogens (primary N) is 1. The highest BCUT2D eigenvalue weighted by atomic mass is 32.2. The molecule has 1 aromatic carbocycles. The van der Waals surface area contributed by atoms with Crippen LogP contribution in [0.3, 0.4) is 0 Å². The van der Waals surface area contributed by atoms with Crippen molar-refractivity contribution in [2.24, 2.45) is 5.73 Å². The van der Waals surface area contributed by atoms with Crippen LogP contribution in [0.15, 0.2) is 34.1 Å². The third-order valence-electron chi connectivity index (χ3n) is 3.66. The predicted molar refractivity (Wildman–Crippen MR) is 80.1 cm³/mol. The summed E-state index contributed by atoms with van der Waals surface area (Å²) in [7, 11) is -6.95. The van der Waals surface area contributed by atoms with Crippen molar-refractivity contribution in [1.29, 1.82) is 0 Å². The molecule has 1 aliphatic rings. The first kappa shape index (κ1) is 16.4. The maximum atomic E-state index is 12.3. The second kappa shape index (κ2) is 6.04. The SMILES string of the molecule is CS(=O)(=O)c1ccc(S(=O)(=O)NC2CCC(N)CC2)cc1. The minimum absolute atomic E-state index is 0.0739. The van der Waals surface area contributed by atoms with E-state index in [0.717, 1.165) is 31.9 Å². The smallest absolute Gasteiger partial charge is 0.240 e. The second-order valence-corrected chi connectivity index (χ2v) is 9.21. The van der Waals surface area contributed by atoms with E-state index in [9.17, 15) is 16.8 Å². The minimum atomic E-state index is -3.63. The second-order valence-electron chi connectivity index (χ2n) is 5.48. The molecule has 0 aromatic heterocycles. The molecule has 2 rings (SSSR count). The molecular weight excluding hydrogens is 312 g/mol. The third kappa shape index (κ3) is 4.26. The zero-order chi connectivity index (χ0) is 15.7. The monoisotopic (exact) mass is 332 g/mol. The van der Waals surface area contributed by atoms with Crippen molar-refractivity contribution in [3.8, 4) is 0 Å². The molecule has 1 aliphatic carbocycles. The van der Waals surface area contributed by atoms with Gasteiger partial charge in [0.15, 0.2) is 9.84 Å². The molecule has 8 heteroatoms. The number of benzene rings is 1. The Morgan fingerprint density at radius 1 is 0.952 bits per heavy atom. The van der Waals surface area contributed by atoms with E-state index in [-0.39, 0.29) is 21.9 Å². The van der Waals surface area contributed by atoms with Gasteiger partial charge in [-0.15, -0.1) is 0 Å². The van der Waals surface area contributed by atoms with Crippen LogP contribution in [0.4, 0.5) is 0 Å². The van der Waals surface area contributed by atoms with Gasteiger partial charge >= 0.3 is 0 Å². The van der Waals surface area contributed by atoms with E-state index in [1.165, 1.54) is 24.3 Å². The van der Waals surface area contributed by atoms with Crippen LogP contribution < -0.4 is 10.5 Å². The first-order valence-corrected chi connectivity index (χ1v) is 10.1. The van der Waals surface area contributed by atoms with Crippen LogP contribution >= 0.6 is 0 Å². The van der Waals surface area contributed by atoms with Gasteiger partial charge in [0.2, 0.25) is 10.0 Å². The van der Waals surface area contributed by atoms with Crippen LogP contribution in [0, 0.1) is 0 Å². The number of sulfone groups is 1. The van der Waals surface area contributed by atoms with Crippen LogP contribution in [0.25, 0.3) is 0 Å². The highest BCUT2D eigenvalue weighted by Gasteiger charge is 2.24. The quantitative estimate of drug-likeness (QED) is 0.841. The fraction of sp³-hybridized carbons (Fsp3) is 0.538. The average molecular weight is 332 g/mol. The fourth-order valence-corrected chi connectivity index (χ4v) is 4.33. The van der Waals surface area contributed by atoms with E-state index in [2.05, 4.69) is 4.72 Å². The van der Waals surface area contributed by atoms with Crippen molar-refractivity contribution in [3.63, 3.8) is 0 Å². The molecule has 0 spiro atoms. The Kier molecular flexibility index (Phi) is 4.72. The standard InChI is InChI=1S/C13H20N2O4S2/c1-20(16,17)12-6-8-13(9-7-12)21(18,19)15-11-4-2-10(14)3-5-11/h6-11,15H,2-5,14H2,1H3. The highest BCUT2D eigenvalue weighted by molar-refractivity contribution is 7.90. The Morgan fingerprint density at radius 2 is 1.43 bits per heavy atom. The number of rotatable bonds is 4. The van der Waals surface area contributed by atoms with Crippen LogP contribution in [-0.2, 0) is 19.9 Å². The molecule has 0 atom stereocenters. The molecule has 3 N–H and O–H groups in total. The first-order chi connectivity index (χ1) is 9.68. The van der Waals surface area contributed by atoms with E-state index in [1.807, 2.05) is 0 Å². The van der Waals surface area contributed by atoms with Gasteiger partial charge in [-0.2, -0.15) is 0 Å². The third-order valence-corrected chi connectivity index (χ3v) is 6.32. The normalized spacial score (nSPS) is 23.9. The molecule has 0 heterocycles. The summed E-state index contributed by atoms with van der Waals surface area (Å²) >= 11 is 0. The molecule has 0 radical (unpaired) electrons. The molecule has 0 amide bonds. The van der Waals surface area contributed by atoms with Crippen LogP contribution in [0.5, 0.6) is 0 Å². The lowest BCUT2D eigenvalue weighted by Gasteiger charge is -2.26. The molecular formula is C13H20N2O4S2. The zero-order valence-corrected chi connectivity index (χ0v) is 13.5. The number of hydrogen-bond acceptors (Lipinski definition) is 5. The van der Waals surface area contributed by atoms with Crippen molar-refractivity contribution in [1.82, 2.24) is 4.72 Å². The summed E-state index contributed by atoms with van der Waals surface area (Å²) in [5, 5.41) is 0. The van der Waals surface area contributed by atoms with E-state index < -0.39 is 19.9 Å². The predicted octanol–water partition coefficient (Wildman–Crippen LogP) is 0.638. The van der Waals surface area contributed by atoms with Crippen molar-refractivity contribution >= 4 is 19.9 Å². The lowest BCUT2D eigenvalue weighted by molar-refractivity contribution is 0.373. The van der Waals surface area contributed by atoms with Gasteiger partial charge in [-0.1, -0.05) is 0 Å². The van der Waals surface area contributed by atoms with Crippen LogP contribution in [-0.4, -0.2) is 35.2 Å². The van der Waals surface area contributed by atoms with Gasteiger partial charge in [-0.05, 0) is 49.9 Å². The van der Waals surface area contributed by atoms with Gasteiger partial charge in [0, 0.05) is 18.3 Å². The minimum Gasteiger partial charge on any atom is -0.328 e. The molecule has 1 saturated carbocycles. The molecule has 1 fully saturated rings. The lowest BCUT2D eigenvalue weighted by Crippen LogP contribution is -2.40. The summed E-state index contributed by atoms with van der Waals surface area (Å²) in [5.41, 5.74) is 5.80. The van der Waals surface area contributed by atoms with E-state index in [4.69, 9.17) is 5.73 Å². The van der Waals surface area contributed by atoms with Gasteiger partial charge < -0.3 is 5.73 Å². The summed E-state index contributed by atoms with van der Waals surface area (Å²) in [6.07, 6.45) is 4.14. The van der Waals surface area contributed by atoms with Gasteiger partial charge in [0.05, 0.1) is 9.79 Å². The Bertz CT molecular complexity index is 688. The Balaban J connectivity index is 2.13. The fourth-order valence-electron chi connectivity index (χ4n) is 2.39. The van der Waals surface area contributed by atoms with E-state index >= 15 is 0 Å². The molecule has 118 valence electrons. The van der Waals surface area contributed by atoms with Crippen LogP contribution in [0.2, 0.25) is 0 Å². The van der Waals surface area contributed by atoms with Gasteiger partial charge in [0.25, 0.3) is 0 Å². The number of sulfonamides is 1. The maximum Gasteiger partial charge on any atom is 0.240 e. The van der Waals surface area contributed by atoms with Gasteiger partial charge in [-0.3, -0.25) is 0 Å². The average Bonchev–Trinajstić information content (AvgIpc) is 2.40. The van der Waals surface area contributed by atoms with Crippen LogP contribution in [0.1, 0.15) is 25.7 Å². The summed E-state index contributed by atoms with van der Waals surface area (Å²) in [6, 6.07) is 5.28. The van der Waals surface area contributed by atoms with E-state index in [0.29, 0.717) is 0 Å². The molecule has 21 heavy (non-hydrogen) atoms. The van der Waals surface area contributed by atoms with Crippen molar-refractivity contribution in [2.45, 2.75) is 47.6 Å². The molecule has 1 aromatic rings. The van der Waals surface area contributed by atoms with Crippen molar-refractivity contribution in [3.05, 3.63) is 24.3 Å². The van der Waals surface area contributed by atoms with Crippen molar-refractivity contribution < 1.29 is 16.8 Å². The Hall–Kier alpha value is -0.960. The van der Waals surface area contributed by atoms with Crippen molar-refractivity contribution in [2.75, 3.05) is 6.26 Å². The molecule has 0 aliphatic heterocycles. The lowest BCUT2D eigenvalue weighted by atomic mass is 9.93. The first-order valence-electron chi connectivity index (χ1n) is 6.76. The topological polar surface area (TPSA) is 106 Å². The molecule has 0 unspecified atom stereocenters. The summed E-state index contributed by atoms with van der Waals surface area (Å²) in [5.74, 6) is 0. The van der Waals surface area contributed by atoms with Gasteiger partial charge in [-0.25, -0.2) is 21.6 Å². The number of nitrogens with one attached hydrogen (secondary N) is 1. The summed E-state index contributed by atoms with van der Waals surface area (Å²) in [4.78, 5) is 0.176. The Morgan fingerprint density at radius 3 is 1.90 bits per heavy atom. The summed E-state index contributed by atoms with van der Waals surface area (Å²) in [6.45, 7) is 0. The van der Waals surface area contributed by atoms with Gasteiger partial charge in [0.1, 0.15) is 0 Å². The molecule has 0 bridgehead atoms. The molecule has 6 nitrogen and oxygen atoms in total. The highest BCUT2D eigenvalue weighted by Crippen LogP contribution is 2.20. The molecule has 0 saturated heterocycles. The Labute approximate surface area is 125 Å². The largest absolute Gasteiger partial charge is 0.328 e.